The van der Waals surface area contributed by atoms with Crippen molar-refractivity contribution < 1.29 is 4.74 Å². The molecule has 1 aliphatic rings. The smallest absolute Gasteiger partial charge is 0.199 e. The Kier molecular flexibility index (Phi) is 5.00. The highest BCUT2D eigenvalue weighted by Crippen LogP contribution is 2.18. The van der Waals surface area contributed by atoms with Gasteiger partial charge in [0.2, 0.25) is 0 Å². The van der Waals surface area contributed by atoms with Crippen molar-refractivity contribution in [3.05, 3.63) is 42.0 Å². The Labute approximate surface area is 141 Å². The molecule has 2 aromatic heterocycles. The lowest BCUT2D eigenvalue weighted by molar-refractivity contribution is -0.0175. The maximum atomic E-state index is 5.62. The second kappa shape index (κ2) is 7.16. The highest BCUT2D eigenvalue weighted by atomic mass is 32.1. The van der Waals surface area contributed by atoms with E-state index < -0.39 is 0 Å². The van der Waals surface area contributed by atoms with Crippen LogP contribution < -0.4 is 0 Å². The molecule has 2 aromatic rings. The van der Waals surface area contributed by atoms with Gasteiger partial charge in [0, 0.05) is 37.1 Å². The third kappa shape index (κ3) is 3.41. The van der Waals surface area contributed by atoms with Gasteiger partial charge in [0.1, 0.15) is 0 Å². The monoisotopic (exact) mass is 331 g/mol. The van der Waals surface area contributed by atoms with Gasteiger partial charge in [-0.2, -0.15) is 5.10 Å². The SMILES string of the molecule is C=CCn1c(-c2cccnc2)nn(CN2CCOCC2C)c1=S. The van der Waals surface area contributed by atoms with Gasteiger partial charge in [0.25, 0.3) is 0 Å². The van der Waals surface area contributed by atoms with Crippen molar-refractivity contribution in [2.24, 2.45) is 0 Å². The third-order valence-electron chi connectivity index (χ3n) is 3.98. The molecule has 0 aliphatic carbocycles. The highest BCUT2D eigenvalue weighted by molar-refractivity contribution is 7.71. The molecule has 6 nitrogen and oxygen atoms in total. The molecule has 0 radical (unpaired) electrons. The topological polar surface area (TPSA) is 48.1 Å². The Morgan fingerprint density at radius 1 is 1.52 bits per heavy atom. The third-order valence-corrected chi connectivity index (χ3v) is 4.41. The number of aromatic nitrogens is 4. The van der Waals surface area contributed by atoms with Crippen LogP contribution in [0.2, 0.25) is 0 Å². The number of rotatable bonds is 5. The zero-order chi connectivity index (χ0) is 16.2. The van der Waals surface area contributed by atoms with E-state index in [2.05, 4.69) is 23.4 Å². The van der Waals surface area contributed by atoms with Crippen molar-refractivity contribution in [3.8, 4) is 11.4 Å². The molecule has 3 heterocycles. The van der Waals surface area contributed by atoms with Crippen LogP contribution in [-0.2, 0) is 18.0 Å². The van der Waals surface area contributed by atoms with Crippen LogP contribution in [0.4, 0.5) is 0 Å². The first kappa shape index (κ1) is 16.0. The number of ether oxygens (including phenoxy) is 1. The second-order valence-electron chi connectivity index (χ2n) is 5.62. The maximum absolute atomic E-state index is 5.62. The summed E-state index contributed by atoms with van der Waals surface area (Å²) < 4.78 is 10.1. The van der Waals surface area contributed by atoms with Crippen LogP contribution in [0.5, 0.6) is 0 Å². The minimum atomic E-state index is 0.358. The summed E-state index contributed by atoms with van der Waals surface area (Å²) in [6.45, 7) is 9.66. The van der Waals surface area contributed by atoms with Crippen molar-refractivity contribution in [2.45, 2.75) is 26.2 Å². The Bertz CT molecular complexity index is 724. The number of hydrogen-bond donors (Lipinski definition) is 0. The van der Waals surface area contributed by atoms with E-state index in [1.165, 1.54) is 0 Å². The van der Waals surface area contributed by atoms with Gasteiger partial charge >= 0.3 is 0 Å². The van der Waals surface area contributed by atoms with Gasteiger partial charge in [-0.05, 0) is 31.3 Å². The second-order valence-corrected chi connectivity index (χ2v) is 5.99. The predicted molar refractivity (Wildman–Crippen MR) is 91.5 cm³/mol. The average Bonchev–Trinajstić information content (AvgIpc) is 2.88. The van der Waals surface area contributed by atoms with Crippen LogP contribution in [0, 0.1) is 4.77 Å². The zero-order valence-electron chi connectivity index (χ0n) is 13.3. The fourth-order valence-electron chi connectivity index (χ4n) is 2.68. The van der Waals surface area contributed by atoms with Gasteiger partial charge < -0.3 is 4.74 Å². The summed E-state index contributed by atoms with van der Waals surface area (Å²) in [5.74, 6) is 0.823. The number of morpholine rings is 1. The summed E-state index contributed by atoms with van der Waals surface area (Å²) in [6.07, 6.45) is 5.39. The molecule has 1 atom stereocenters. The molecule has 0 saturated carbocycles. The maximum Gasteiger partial charge on any atom is 0.199 e. The first-order chi connectivity index (χ1) is 11.2. The average molecular weight is 331 g/mol. The van der Waals surface area contributed by atoms with Crippen molar-refractivity contribution in [1.82, 2.24) is 24.2 Å². The van der Waals surface area contributed by atoms with E-state index >= 15 is 0 Å². The van der Waals surface area contributed by atoms with Gasteiger partial charge in [-0.1, -0.05) is 6.08 Å². The molecule has 122 valence electrons. The quantitative estimate of drug-likeness (QED) is 0.622. The normalized spacial score (nSPS) is 18.9. The van der Waals surface area contributed by atoms with E-state index in [4.69, 9.17) is 22.1 Å². The van der Waals surface area contributed by atoms with Crippen LogP contribution in [0.15, 0.2) is 37.2 Å². The van der Waals surface area contributed by atoms with Crippen molar-refractivity contribution in [2.75, 3.05) is 19.8 Å². The van der Waals surface area contributed by atoms with Gasteiger partial charge in [-0.25, -0.2) is 4.68 Å². The largest absolute Gasteiger partial charge is 0.379 e. The molecule has 1 fully saturated rings. The molecule has 0 aromatic carbocycles. The van der Waals surface area contributed by atoms with Crippen molar-refractivity contribution in [1.29, 1.82) is 0 Å². The molecule has 1 saturated heterocycles. The van der Waals surface area contributed by atoms with Gasteiger partial charge in [0.15, 0.2) is 10.6 Å². The number of pyridine rings is 1. The van der Waals surface area contributed by atoms with E-state index in [1.54, 1.807) is 12.4 Å². The molecule has 3 rings (SSSR count). The molecular formula is C16H21N5OS. The van der Waals surface area contributed by atoms with Crippen LogP contribution in [0.3, 0.4) is 0 Å². The predicted octanol–water partition coefficient (Wildman–Crippen LogP) is 2.34. The summed E-state index contributed by atoms with van der Waals surface area (Å²) in [5.41, 5.74) is 0.953. The molecule has 23 heavy (non-hydrogen) atoms. The fourth-order valence-corrected chi connectivity index (χ4v) is 2.94. The molecule has 0 N–H and O–H groups in total. The molecule has 0 spiro atoms. The summed E-state index contributed by atoms with van der Waals surface area (Å²) >= 11 is 5.62. The summed E-state index contributed by atoms with van der Waals surface area (Å²) in [4.78, 5) is 6.51. The summed E-state index contributed by atoms with van der Waals surface area (Å²) in [7, 11) is 0. The van der Waals surface area contributed by atoms with Gasteiger partial charge in [-0.3, -0.25) is 14.5 Å². The van der Waals surface area contributed by atoms with Crippen LogP contribution in [-0.4, -0.2) is 50.0 Å². The van der Waals surface area contributed by atoms with E-state index in [9.17, 15) is 0 Å². The van der Waals surface area contributed by atoms with Crippen molar-refractivity contribution in [3.63, 3.8) is 0 Å². The number of allylic oxidation sites excluding steroid dienone is 1. The van der Waals surface area contributed by atoms with Crippen LogP contribution >= 0.6 is 12.2 Å². The molecule has 1 unspecified atom stereocenters. The fraction of sp³-hybridized carbons (Fsp3) is 0.438. The van der Waals surface area contributed by atoms with Gasteiger partial charge in [0.05, 0.1) is 19.9 Å². The Morgan fingerprint density at radius 2 is 2.39 bits per heavy atom. The summed E-state index contributed by atoms with van der Waals surface area (Å²) in [5, 5.41) is 4.73. The lowest BCUT2D eigenvalue weighted by Crippen LogP contribution is -2.44. The first-order valence-electron chi connectivity index (χ1n) is 7.71. The highest BCUT2D eigenvalue weighted by Gasteiger charge is 2.21. The first-order valence-corrected chi connectivity index (χ1v) is 8.12. The molecule has 0 bridgehead atoms. The Morgan fingerprint density at radius 3 is 3.09 bits per heavy atom. The number of hydrogen-bond acceptors (Lipinski definition) is 5. The summed E-state index contributed by atoms with van der Waals surface area (Å²) in [6, 6.07) is 4.25. The van der Waals surface area contributed by atoms with Crippen LogP contribution in [0.25, 0.3) is 11.4 Å². The minimum absolute atomic E-state index is 0.358. The number of nitrogens with zero attached hydrogens (tertiary/aromatic N) is 5. The van der Waals surface area contributed by atoms with E-state index in [0.717, 1.165) is 31.1 Å². The molecule has 1 aliphatic heterocycles. The van der Waals surface area contributed by atoms with Gasteiger partial charge in [-0.15, -0.1) is 6.58 Å². The Balaban J connectivity index is 1.95. The van der Waals surface area contributed by atoms with Crippen molar-refractivity contribution >= 4 is 12.2 Å². The molecule has 0 amide bonds. The zero-order valence-corrected chi connectivity index (χ0v) is 14.1. The van der Waals surface area contributed by atoms with Crippen LogP contribution in [0.1, 0.15) is 6.92 Å². The molecule has 7 heteroatoms. The Hall–Kier alpha value is -1.83. The standard InChI is InChI=1S/C16H21N5OS/c1-3-7-20-15(14-5-4-6-17-10-14)18-21(16(20)23)12-19-8-9-22-11-13(19)2/h3-6,10,13H,1,7-9,11-12H2,2H3. The lowest BCUT2D eigenvalue weighted by Gasteiger charge is -2.32. The van der Waals surface area contributed by atoms with E-state index in [0.29, 0.717) is 24.0 Å². The van der Waals surface area contributed by atoms with E-state index in [1.807, 2.05) is 27.5 Å². The lowest BCUT2D eigenvalue weighted by atomic mass is 10.3. The van der Waals surface area contributed by atoms with E-state index in [-0.39, 0.29) is 0 Å². The minimum Gasteiger partial charge on any atom is -0.379 e. The molecular weight excluding hydrogens is 310 g/mol.